The second-order valence-electron chi connectivity index (χ2n) is 7.50. The maximum atomic E-state index is 12.6. The van der Waals surface area contributed by atoms with Gasteiger partial charge in [-0.3, -0.25) is 0 Å². The molecule has 2 rings (SSSR count). The van der Waals surface area contributed by atoms with Crippen LogP contribution in [0.4, 0.5) is 0 Å². The highest BCUT2D eigenvalue weighted by atomic mass is 32.2. The second kappa shape index (κ2) is 8.33. The molecule has 0 saturated carbocycles. The van der Waals surface area contributed by atoms with Crippen LogP contribution in [0.2, 0.25) is 18.6 Å². The molecule has 5 heteroatoms. The number of rotatable bonds is 8. The molecule has 140 valence electrons. The average molecular weight is 388 g/mol. The number of aryl methyl sites for hydroxylation is 1. The Labute approximate surface area is 159 Å². The molecule has 3 nitrogen and oxygen atoms in total. The Kier molecular flexibility index (Phi) is 6.61. The van der Waals surface area contributed by atoms with Crippen LogP contribution in [0.15, 0.2) is 72.1 Å². The smallest absolute Gasteiger partial charge is 0.208 e. The Bertz CT molecular complexity index is 830. The lowest BCUT2D eigenvalue weighted by atomic mass is 10.2. The molecule has 0 bridgehead atoms. The van der Waals surface area contributed by atoms with Crippen molar-refractivity contribution < 1.29 is 8.42 Å². The molecule has 0 fully saturated rings. The van der Waals surface area contributed by atoms with Gasteiger partial charge in [0.05, 0.1) is 13.0 Å². The van der Waals surface area contributed by atoms with Gasteiger partial charge >= 0.3 is 0 Å². The van der Waals surface area contributed by atoms with Gasteiger partial charge < -0.3 is 0 Å². The molecule has 1 N–H and O–H groups in total. The van der Waals surface area contributed by atoms with E-state index in [9.17, 15) is 8.42 Å². The molecule has 2 atom stereocenters. The Balaban J connectivity index is 2.13. The Hall–Kier alpha value is -1.69. The van der Waals surface area contributed by atoms with Gasteiger partial charge in [-0.05, 0) is 37.9 Å². The second-order valence-corrected chi connectivity index (χ2v) is 14.0. The summed E-state index contributed by atoms with van der Waals surface area (Å²) in [5.74, 6) is 0. The molecular weight excluding hydrogens is 358 g/mol. The molecule has 0 saturated heterocycles. The van der Waals surface area contributed by atoms with Gasteiger partial charge in [0.2, 0.25) is 10.0 Å². The average Bonchev–Trinajstić information content (AvgIpc) is 2.60. The lowest BCUT2D eigenvalue weighted by Gasteiger charge is -2.33. The summed E-state index contributed by atoms with van der Waals surface area (Å²) in [6, 6.07) is 17.3. The first kappa shape index (κ1) is 20.6. The van der Waals surface area contributed by atoms with Gasteiger partial charge in [-0.1, -0.05) is 72.4 Å². The molecule has 0 aliphatic carbocycles. The summed E-state index contributed by atoms with van der Waals surface area (Å²) < 4.78 is 28.1. The van der Waals surface area contributed by atoms with E-state index in [0.717, 1.165) is 12.0 Å². The molecule has 0 spiro atoms. The van der Waals surface area contributed by atoms with Crippen LogP contribution in [0, 0.1) is 6.92 Å². The Morgan fingerprint density at radius 3 is 2.19 bits per heavy atom. The van der Waals surface area contributed by atoms with Gasteiger partial charge in [-0.2, -0.15) is 0 Å². The van der Waals surface area contributed by atoms with Crippen molar-refractivity contribution in [3.8, 4) is 0 Å². The maximum Gasteiger partial charge on any atom is 0.240 e. The first-order valence-electron chi connectivity index (χ1n) is 8.94. The monoisotopic (exact) mass is 387 g/mol. The van der Waals surface area contributed by atoms with E-state index in [0.29, 0.717) is 4.90 Å². The fraction of sp³-hybridized carbons (Fsp3) is 0.333. The predicted octanol–water partition coefficient (Wildman–Crippen LogP) is 4.22. The van der Waals surface area contributed by atoms with E-state index in [1.165, 1.54) is 5.19 Å². The van der Waals surface area contributed by atoms with E-state index in [-0.39, 0.29) is 11.6 Å². The molecule has 0 amide bonds. The number of allylic oxidation sites excluding steroid dienone is 1. The number of nitrogens with one attached hydrogen (secondary N) is 1. The maximum absolute atomic E-state index is 12.6. The van der Waals surface area contributed by atoms with E-state index in [1.54, 1.807) is 12.1 Å². The zero-order valence-electron chi connectivity index (χ0n) is 16.1. The van der Waals surface area contributed by atoms with Crippen molar-refractivity contribution in [3.63, 3.8) is 0 Å². The molecule has 2 aromatic rings. The fourth-order valence-electron chi connectivity index (χ4n) is 3.25. The van der Waals surface area contributed by atoms with Gasteiger partial charge in [0.15, 0.2) is 0 Å². The van der Waals surface area contributed by atoms with Crippen LogP contribution < -0.4 is 9.91 Å². The third-order valence-corrected chi connectivity index (χ3v) is 10.8. The van der Waals surface area contributed by atoms with E-state index in [1.807, 2.05) is 38.1 Å². The number of sulfonamides is 1. The first-order chi connectivity index (χ1) is 12.2. The summed E-state index contributed by atoms with van der Waals surface area (Å²) >= 11 is 0. The molecule has 0 heterocycles. The third kappa shape index (κ3) is 4.93. The molecule has 0 aromatic heterocycles. The van der Waals surface area contributed by atoms with Gasteiger partial charge in [0, 0.05) is 6.04 Å². The van der Waals surface area contributed by atoms with Crippen molar-refractivity contribution in [2.75, 3.05) is 0 Å². The zero-order valence-corrected chi connectivity index (χ0v) is 17.9. The van der Waals surface area contributed by atoms with Crippen LogP contribution >= 0.6 is 0 Å². The molecule has 0 aliphatic heterocycles. The van der Waals surface area contributed by atoms with Crippen LogP contribution in [0.3, 0.4) is 0 Å². The van der Waals surface area contributed by atoms with Crippen LogP contribution in [-0.2, 0) is 10.0 Å². The van der Waals surface area contributed by atoms with Crippen LogP contribution in [0.25, 0.3) is 0 Å². The van der Waals surface area contributed by atoms with Gasteiger partial charge in [-0.15, -0.1) is 6.58 Å². The highest BCUT2D eigenvalue weighted by Crippen LogP contribution is 2.28. The summed E-state index contributed by atoms with van der Waals surface area (Å²) in [5, 5.41) is 1.36. The molecular formula is C21H29NO2SSi. The van der Waals surface area contributed by atoms with E-state index in [4.69, 9.17) is 0 Å². The van der Waals surface area contributed by atoms with Crippen molar-refractivity contribution in [1.82, 2.24) is 4.72 Å². The largest absolute Gasteiger partial charge is 0.240 e. The van der Waals surface area contributed by atoms with Gasteiger partial charge in [0.1, 0.15) is 0 Å². The molecule has 0 aliphatic rings. The van der Waals surface area contributed by atoms with E-state index in [2.05, 4.69) is 48.7 Å². The fourth-order valence-corrected chi connectivity index (χ4v) is 7.51. The van der Waals surface area contributed by atoms with Gasteiger partial charge in [0.25, 0.3) is 0 Å². The minimum absolute atomic E-state index is 0.167. The van der Waals surface area contributed by atoms with Crippen molar-refractivity contribution in [2.24, 2.45) is 0 Å². The summed E-state index contributed by atoms with van der Waals surface area (Å²) in [7, 11) is -5.30. The summed E-state index contributed by atoms with van der Waals surface area (Å²) in [6.45, 7) is 12.5. The molecule has 2 aromatic carbocycles. The minimum Gasteiger partial charge on any atom is -0.208 e. The lowest BCUT2D eigenvalue weighted by Crippen LogP contribution is -2.47. The number of hydrogen-bond donors (Lipinski definition) is 1. The molecule has 0 unspecified atom stereocenters. The van der Waals surface area contributed by atoms with Crippen molar-refractivity contribution in [1.29, 1.82) is 0 Å². The number of benzene rings is 2. The van der Waals surface area contributed by atoms with Crippen LogP contribution in [0.5, 0.6) is 0 Å². The van der Waals surface area contributed by atoms with Crippen LogP contribution in [0.1, 0.15) is 18.9 Å². The Morgan fingerprint density at radius 2 is 1.65 bits per heavy atom. The SMILES string of the molecule is C=C[C@H](C[C@H](C)NS(=O)(=O)c1ccc(C)cc1)[Si](C)(C)c1ccccc1. The predicted molar refractivity (Wildman–Crippen MR) is 113 cm³/mol. The highest BCUT2D eigenvalue weighted by Gasteiger charge is 2.33. The topological polar surface area (TPSA) is 46.2 Å². The van der Waals surface area contributed by atoms with E-state index < -0.39 is 18.1 Å². The van der Waals surface area contributed by atoms with Crippen LogP contribution in [-0.4, -0.2) is 22.5 Å². The summed E-state index contributed by atoms with van der Waals surface area (Å²) in [6.07, 6.45) is 2.73. The lowest BCUT2D eigenvalue weighted by molar-refractivity contribution is 0.547. The first-order valence-corrected chi connectivity index (χ1v) is 13.5. The Morgan fingerprint density at radius 1 is 1.08 bits per heavy atom. The normalized spacial score (nSPS) is 14.6. The van der Waals surface area contributed by atoms with E-state index >= 15 is 0 Å². The van der Waals surface area contributed by atoms with Crippen molar-refractivity contribution >= 4 is 23.3 Å². The molecule has 0 radical (unpaired) electrons. The number of hydrogen-bond acceptors (Lipinski definition) is 2. The van der Waals surface area contributed by atoms with Crippen molar-refractivity contribution in [3.05, 3.63) is 72.8 Å². The molecule has 26 heavy (non-hydrogen) atoms. The quantitative estimate of drug-likeness (QED) is 0.544. The highest BCUT2D eigenvalue weighted by molar-refractivity contribution is 7.89. The summed E-state index contributed by atoms with van der Waals surface area (Å²) in [5.41, 5.74) is 1.32. The minimum atomic E-state index is -3.51. The summed E-state index contributed by atoms with van der Waals surface area (Å²) in [4.78, 5) is 0.310. The van der Waals surface area contributed by atoms with Gasteiger partial charge in [-0.25, -0.2) is 13.1 Å². The zero-order chi connectivity index (χ0) is 19.4. The standard InChI is InChI=1S/C21H29NO2SSi/c1-6-20(26(4,5)21-10-8-7-9-11-21)16-18(3)22-25(23,24)19-14-12-17(2)13-15-19/h6-15,18,20,22H,1,16H2,2-5H3/t18-,20+/m0/s1. The third-order valence-electron chi connectivity index (χ3n) is 5.02. The van der Waals surface area contributed by atoms with Crippen molar-refractivity contribution in [2.45, 2.75) is 49.8 Å².